The van der Waals surface area contributed by atoms with Crippen LogP contribution in [0.3, 0.4) is 0 Å². The first kappa shape index (κ1) is 11.3. The average Bonchev–Trinajstić information content (AvgIpc) is 2.02. The van der Waals surface area contributed by atoms with Crippen LogP contribution >= 0.6 is 0 Å². The third-order valence-electron chi connectivity index (χ3n) is 3.03. The highest BCUT2D eigenvalue weighted by atomic mass is 16.5. The van der Waals surface area contributed by atoms with Gasteiger partial charge in [-0.1, -0.05) is 33.8 Å². The number of esters is 1. The first-order valence-corrected chi connectivity index (χ1v) is 5.26. The van der Waals surface area contributed by atoms with Gasteiger partial charge in [-0.15, -0.1) is 0 Å². The SMILES string of the molecule is CC(C[C@H]1CC=CC(=O)O1)C(C)(C)C. The Morgan fingerprint density at radius 2 is 2.21 bits per heavy atom. The molecule has 1 rings (SSSR count). The molecular weight excluding hydrogens is 176 g/mol. The minimum absolute atomic E-state index is 0.0849. The number of cyclic esters (lactones) is 1. The maximum Gasteiger partial charge on any atom is 0.330 e. The predicted molar refractivity (Wildman–Crippen MR) is 56.9 cm³/mol. The van der Waals surface area contributed by atoms with E-state index in [2.05, 4.69) is 27.7 Å². The number of ether oxygens (including phenoxy) is 1. The van der Waals surface area contributed by atoms with E-state index in [0.29, 0.717) is 5.92 Å². The summed E-state index contributed by atoms with van der Waals surface area (Å²) in [4.78, 5) is 11.0. The zero-order valence-corrected chi connectivity index (χ0v) is 9.54. The Morgan fingerprint density at radius 1 is 1.57 bits per heavy atom. The summed E-state index contributed by atoms with van der Waals surface area (Å²) >= 11 is 0. The molecule has 0 aliphatic carbocycles. The Bertz CT molecular complexity index is 235. The number of rotatable bonds is 2. The second-order valence-corrected chi connectivity index (χ2v) is 5.20. The van der Waals surface area contributed by atoms with Gasteiger partial charge in [0.1, 0.15) is 6.10 Å². The molecule has 0 fully saturated rings. The lowest BCUT2D eigenvalue weighted by molar-refractivity contribution is -0.145. The number of hydrogen-bond donors (Lipinski definition) is 0. The summed E-state index contributed by atoms with van der Waals surface area (Å²) in [5.74, 6) is 0.370. The van der Waals surface area contributed by atoms with E-state index in [0.717, 1.165) is 12.8 Å². The lowest BCUT2D eigenvalue weighted by Gasteiger charge is -2.30. The van der Waals surface area contributed by atoms with E-state index in [4.69, 9.17) is 4.74 Å². The fraction of sp³-hybridized carbons (Fsp3) is 0.750. The summed E-state index contributed by atoms with van der Waals surface area (Å²) in [5.41, 5.74) is 0.285. The molecule has 0 aromatic heterocycles. The Balaban J connectivity index is 2.45. The molecule has 0 bridgehead atoms. The third kappa shape index (κ3) is 3.17. The highest BCUT2D eigenvalue weighted by molar-refractivity contribution is 5.82. The van der Waals surface area contributed by atoms with Crippen LogP contribution < -0.4 is 0 Å². The van der Waals surface area contributed by atoms with Crippen molar-refractivity contribution in [1.82, 2.24) is 0 Å². The van der Waals surface area contributed by atoms with Gasteiger partial charge in [-0.3, -0.25) is 0 Å². The lowest BCUT2D eigenvalue weighted by Crippen LogP contribution is -2.27. The van der Waals surface area contributed by atoms with Crippen LogP contribution in [0.15, 0.2) is 12.2 Å². The average molecular weight is 196 g/mol. The fourth-order valence-corrected chi connectivity index (χ4v) is 1.46. The molecule has 0 spiro atoms. The van der Waals surface area contributed by atoms with Gasteiger partial charge in [0.05, 0.1) is 0 Å². The van der Waals surface area contributed by atoms with Crippen LogP contribution in [-0.4, -0.2) is 12.1 Å². The molecule has 2 heteroatoms. The van der Waals surface area contributed by atoms with Crippen molar-refractivity contribution in [3.05, 3.63) is 12.2 Å². The van der Waals surface area contributed by atoms with Crippen LogP contribution in [0.4, 0.5) is 0 Å². The van der Waals surface area contributed by atoms with Gasteiger partial charge in [0.25, 0.3) is 0 Å². The van der Waals surface area contributed by atoms with Crippen LogP contribution in [0.5, 0.6) is 0 Å². The second kappa shape index (κ2) is 4.16. The number of carbonyl (C=O) groups is 1. The molecule has 1 heterocycles. The maximum atomic E-state index is 11.0. The van der Waals surface area contributed by atoms with Gasteiger partial charge in [0.15, 0.2) is 0 Å². The number of hydrogen-bond acceptors (Lipinski definition) is 2. The quantitative estimate of drug-likeness (QED) is 0.635. The molecule has 1 aliphatic heterocycles. The third-order valence-corrected chi connectivity index (χ3v) is 3.03. The molecule has 0 N–H and O–H groups in total. The second-order valence-electron chi connectivity index (χ2n) is 5.20. The van der Waals surface area contributed by atoms with Crippen LogP contribution in [0, 0.1) is 11.3 Å². The van der Waals surface area contributed by atoms with Gasteiger partial charge in [0, 0.05) is 12.5 Å². The molecule has 1 unspecified atom stereocenters. The summed E-state index contributed by atoms with van der Waals surface area (Å²) in [6, 6.07) is 0. The molecule has 0 aromatic carbocycles. The van der Waals surface area contributed by atoms with E-state index in [1.165, 1.54) is 6.08 Å². The van der Waals surface area contributed by atoms with Crippen LogP contribution in [0.25, 0.3) is 0 Å². The normalized spacial score (nSPS) is 24.6. The van der Waals surface area contributed by atoms with Gasteiger partial charge in [-0.05, 0) is 17.8 Å². The van der Waals surface area contributed by atoms with E-state index in [-0.39, 0.29) is 17.5 Å². The van der Waals surface area contributed by atoms with Gasteiger partial charge in [-0.25, -0.2) is 4.79 Å². The minimum Gasteiger partial charge on any atom is -0.459 e. The highest BCUT2D eigenvalue weighted by Gasteiger charge is 2.25. The Kier molecular flexibility index (Phi) is 3.35. The predicted octanol–water partition coefficient (Wildman–Crippen LogP) is 2.93. The van der Waals surface area contributed by atoms with Gasteiger partial charge in [0.2, 0.25) is 0 Å². The van der Waals surface area contributed by atoms with Gasteiger partial charge < -0.3 is 4.74 Å². The molecule has 0 radical (unpaired) electrons. The van der Waals surface area contributed by atoms with Crippen molar-refractivity contribution in [1.29, 1.82) is 0 Å². The largest absolute Gasteiger partial charge is 0.459 e. The number of carbonyl (C=O) groups excluding carboxylic acids is 1. The van der Waals surface area contributed by atoms with E-state index in [1.807, 2.05) is 6.08 Å². The smallest absolute Gasteiger partial charge is 0.330 e. The lowest BCUT2D eigenvalue weighted by atomic mass is 9.78. The van der Waals surface area contributed by atoms with Crippen molar-refractivity contribution < 1.29 is 9.53 Å². The molecule has 80 valence electrons. The minimum atomic E-state index is -0.192. The van der Waals surface area contributed by atoms with E-state index in [9.17, 15) is 4.79 Å². The van der Waals surface area contributed by atoms with E-state index >= 15 is 0 Å². The summed E-state index contributed by atoms with van der Waals surface area (Å²) in [6.07, 6.45) is 5.33. The van der Waals surface area contributed by atoms with Crippen molar-refractivity contribution in [3.63, 3.8) is 0 Å². The van der Waals surface area contributed by atoms with Crippen molar-refractivity contribution >= 4 is 5.97 Å². The maximum absolute atomic E-state index is 11.0. The van der Waals surface area contributed by atoms with Crippen LogP contribution in [0.1, 0.15) is 40.5 Å². The summed E-state index contributed by atoms with van der Waals surface area (Å²) in [7, 11) is 0. The molecule has 0 saturated carbocycles. The topological polar surface area (TPSA) is 26.3 Å². The summed E-state index contributed by atoms with van der Waals surface area (Å²) in [6.45, 7) is 8.88. The standard InChI is InChI=1S/C12H20O2/c1-9(12(2,3)4)8-10-6-5-7-11(13)14-10/h5,7,9-10H,6,8H2,1-4H3/t9?,10-/m1/s1. The Hall–Kier alpha value is -0.790. The summed E-state index contributed by atoms with van der Waals surface area (Å²) in [5, 5.41) is 0. The van der Waals surface area contributed by atoms with Gasteiger partial charge in [-0.2, -0.15) is 0 Å². The van der Waals surface area contributed by atoms with Crippen molar-refractivity contribution in [2.45, 2.75) is 46.6 Å². The molecule has 1 aliphatic rings. The first-order chi connectivity index (χ1) is 6.39. The van der Waals surface area contributed by atoms with Crippen molar-refractivity contribution in [2.75, 3.05) is 0 Å². The molecule has 0 aromatic rings. The van der Waals surface area contributed by atoms with Crippen molar-refractivity contribution in [2.24, 2.45) is 11.3 Å². The van der Waals surface area contributed by atoms with E-state index < -0.39 is 0 Å². The molecule has 0 amide bonds. The molecule has 14 heavy (non-hydrogen) atoms. The Labute approximate surface area is 86.3 Å². The van der Waals surface area contributed by atoms with Crippen LogP contribution in [0.2, 0.25) is 0 Å². The van der Waals surface area contributed by atoms with Gasteiger partial charge >= 0.3 is 5.97 Å². The fourth-order valence-electron chi connectivity index (χ4n) is 1.46. The monoisotopic (exact) mass is 196 g/mol. The molecule has 2 atom stereocenters. The van der Waals surface area contributed by atoms with E-state index in [1.54, 1.807) is 0 Å². The summed E-state index contributed by atoms with van der Waals surface area (Å²) < 4.78 is 5.23. The zero-order chi connectivity index (χ0) is 10.8. The first-order valence-electron chi connectivity index (χ1n) is 5.26. The van der Waals surface area contributed by atoms with Crippen LogP contribution in [-0.2, 0) is 9.53 Å². The molecular formula is C12H20O2. The molecule has 0 saturated heterocycles. The Morgan fingerprint density at radius 3 is 2.71 bits per heavy atom. The van der Waals surface area contributed by atoms with Crippen molar-refractivity contribution in [3.8, 4) is 0 Å². The zero-order valence-electron chi connectivity index (χ0n) is 9.54. The molecule has 2 nitrogen and oxygen atoms in total. The highest BCUT2D eigenvalue weighted by Crippen LogP contribution is 2.31.